The summed E-state index contributed by atoms with van der Waals surface area (Å²) in [6.07, 6.45) is 3.31. The van der Waals surface area contributed by atoms with Crippen molar-refractivity contribution in [2.24, 2.45) is 4.99 Å². The molecule has 7 heteroatoms. The van der Waals surface area contributed by atoms with E-state index < -0.39 is 0 Å². The van der Waals surface area contributed by atoms with Crippen LogP contribution in [0.4, 0.5) is 0 Å². The van der Waals surface area contributed by atoms with Gasteiger partial charge >= 0.3 is 0 Å². The van der Waals surface area contributed by atoms with Crippen molar-refractivity contribution in [2.75, 3.05) is 33.3 Å². The van der Waals surface area contributed by atoms with Crippen molar-refractivity contribution in [1.82, 2.24) is 16.0 Å². The van der Waals surface area contributed by atoms with Crippen molar-refractivity contribution in [3.05, 3.63) is 35.4 Å². The van der Waals surface area contributed by atoms with E-state index >= 15 is 0 Å². The Labute approximate surface area is 167 Å². The molecule has 1 aliphatic rings. The lowest BCUT2D eigenvalue weighted by Gasteiger charge is -2.13. The van der Waals surface area contributed by atoms with Crippen molar-refractivity contribution in [3.63, 3.8) is 0 Å². The van der Waals surface area contributed by atoms with Gasteiger partial charge in [-0.15, -0.1) is 24.0 Å². The molecule has 1 saturated heterocycles. The molecule has 0 radical (unpaired) electrons. The fraction of sp³-hybridized carbons (Fsp3) is 0.556. The van der Waals surface area contributed by atoms with Crippen LogP contribution in [0.2, 0.25) is 0 Å². The lowest BCUT2D eigenvalue weighted by Crippen LogP contribution is -2.39. The first-order valence-electron chi connectivity index (χ1n) is 8.67. The van der Waals surface area contributed by atoms with E-state index in [2.05, 4.69) is 27.9 Å². The lowest BCUT2D eigenvalue weighted by molar-refractivity contribution is 0.0963. The van der Waals surface area contributed by atoms with Crippen molar-refractivity contribution in [2.45, 2.75) is 32.3 Å². The zero-order valence-corrected chi connectivity index (χ0v) is 17.3. The second-order valence-electron chi connectivity index (χ2n) is 5.81. The number of benzene rings is 1. The van der Waals surface area contributed by atoms with Gasteiger partial charge < -0.3 is 20.7 Å². The second-order valence-corrected chi connectivity index (χ2v) is 5.81. The van der Waals surface area contributed by atoms with Crippen LogP contribution >= 0.6 is 24.0 Å². The van der Waals surface area contributed by atoms with Crippen molar-refractivity contribution in [3.8, 4) is 0 Å². The minimum absolute atomic E-state index is 0. The highest BCUT2D eigenvalue weighted by molar-refractivity contribution is 14.0. The van der Waals surface area contributed by atoms with Crippen LogP contribution in [0.3, 0.4) is 0 Å². The van der Waals surface area contributed by atoms with Crippen LogP contribution < -0.4 is 16.0 Å². The van der Waals surface area contributed by atoms with Crippen LogP contribution in [-0.2, 0) is 11.2 Å². The summed E-state index contributed by atoms with van der Waals surface area (Å²) in [5.41, 5.74) is 1.81. The first-order valence-corrected chi connectivity index (χ1v) is 8.67. The summed E-state index contributed by atoms with van der Waals surface area (Å²) in [4.78, 5) is 16.3. The number of amides is 1. The van der Waals surface area contributed by atoms with Gasteiger partial charge in [-0.2, -0.15) is 0 Å². The molecule has 0 aliphatic carbocycles. The topological polar surface area (TPSA) is 74.8 Å². The Morgan fingerprint density at radius 2 is 2.20 bits per heavy atom. The normalized spacial score (nSPS) is 16.9. The van der Waals surface area contributed by atoms with E-state index in [0.717, 1.165) is 50.5 Å². The number of halogens is 1. The average molecular weight is 460 g/mol. The Morgan fingerprint density at radius 3 is 2.88 bits per heavy atom. The summed E-state index contributed by atoms with van der Waals surface area (Å²) in [7, 11) is 1.64. The monoisotopic (exact) mass is 460 g/mol. The molecule has 1 aromatic carbocycles. The molecule has 1 atom stereocenters. The van der Waals surface area contributed by atoms with E-state index in [1.807, 2.05) is 24.3 Å². The summed E-state index contributed by atoms with van der Waals surface area (Å²) >= 11 is 0. The Bertz CT molecular complexity index is 560. The van der Waals surface area contributed by atoms with E-state index in [1.54, 1.807) is 7.05 Å². The number of hydrogen-bond donors (Lipinski definition) is 3. The number of ether oxygens (including phenoxy) is 1. The minimum atomic E-state index is -0.0590. The predicted molar refractivity (Wildman–Crippen MR) is 112 cm³/mol. The standard InChI is InChI=1S/C18H28N4O2.HI/c1-3-20-18(22-13-16-8-5-11-24-16)21-10-9-14-6-4-7-15(12-14)17(23)19-2;/h4,6-7,12,16H,3,5,8-11,13H2,1-2H3,(H,19,23)(H2,20,21,22);1H. The van der Waals surface area contributed by atoms with Crippen molar-refractivity contribution >= 4 is 35.8 Å². The van der Waals surface area contributed by atoms with Crippen molar-refractivity contribution < 1.29 is 9.53 Å². The zero-order valence-electron chi connectivity index (χ0n) is 15.0. The number of nitrogens with one attached hydrogen (secondary N) is 3. The van der Waals surface area contributed by atoms with Gasteiger partial charge in [0, 0.05) is 32.3 Å². The Hall–Kier alpha value is -1.35. The third kappa shape index (κ3) is 7.60. The number of carbonyl (C=O) groups excluding carboxylic acids is 1. The van der Waals surface area contributed by atoms with E-state index in [1.165, 1.54) is 0 Å². The quantitative estimate of drug-likeness (QED) is 0.331. The molecule has 0 saturated carbocycles. The molecule has 3 N–H and O–H groups in total. The van der Waals surface area contributed by atoms with Gasteiger partial charge in [-0.3, -0.25) is 9.79 Å². The van der Waals surface area contributed by atoms with Gasteiger partial charge in [0.05, 0.1) is 12.6 Å². The average Bonchev–Trinajstić information content (AvgIpc) is 3.12. The number of rotatable bonds is 7. The van der Waals surface area contributed by atoms with Gasteiger partial charge in [0.15, 0.2) is 5.96 Å². The lowest BCUT2D eigenvalue weighted by atomic mass is 10.1. The predicted octanol–water partition coefficient (Wildman–Crippen LogP) is 1.94. The largest absolute Gasteiger partial charge is 0.376 e. The van der Waals surface area contributed by atoms with E-state index in [-0.39, 0.29) is 36.0 Å². The molecule has 1 amide bonds. The fourth-order valence-electron chi connectivity index (χ4n) is 2.66. The van der Waals surface area contributed by atoms with Crippen LogP contribution in [0, 0.1) is 0 Å². The van der Waals surface area contributed by atoms with Crippen LogP contribution in [0.25, 0.3) is 0 Å². The van der Waals surface area contributed by atoms with Gasteiger partial charge in [0.25, 0.3) is 5.91 Å². The van der Waals surface area contributed by atoms with E-state index in [4.69, 9.17) is 4.74 Å². The third-order valence-electron chi connectivity index (χ3n) is 3.94. The first kappa shape index (κ1) is 21.7. The highest BCUT2D eigenvalue weighted by Gasteiger charge is 2.14. The zero-order chi connectivity index (χ0) is 17.2. The number of nitrogens with zero attached hydrogens (tertiary/aromatic N) is 1. The molecule has 1 aromatic rings. The fourth-order valence-corrected chi connectivity index (χ4v) is 2.66. The van der Waals surface area contributed by atoms with Crippen LogP contribution in [0.5, 0.6) is 0 Å². The maximum absolute atomic E-state index is 11.7. The van der Waals surface area contributed by atoms with Crippen LogP contribution in [-0.4, -0.2) is 51.3 Å². The van der Waals surface area contributed by atoms with E-state index in [0.29, 0.717) is 12.1 Å². The highest BCUT2D eigenvalue weighted by Crippen LogP contribution is 2.11. The van der Waals surface area contributed by atoms with Gasteiger partial charge in [-0.25, -0.2) is 0 Å². The Morgan fingerprint density at radius 1 is 1.36 bits per heavy atom. The maximum Gasteiger partial charge on any atom is 0.251 e. The Balaban J connectivity index is 0.00000312. The third-order valence-corrected chi connectivity index (χ3v) is 3.94. The molecule has 0 aromatic heterocycles. The molecular weight excluding hydrogens is 431 g/mol. The smallest absolute Gasteiger partial charge is 0.251 e. The molecule has 0 spiro atoms. The molecule has 2 rings (SSSR count). The Kier molecular flexibility index (Phi) is 10.5. The maximum atomic E-state index is 11.7. The van der Waals surface area contributed by atoms with Crippen LogP contribution in [0.1, 0.15) is 35.7 Å². The highest BCUT2D eigenvalue weighted by atomic mass is 127. The summed E-state index contributed by atoms with van der Waals surface area (Å²) in [5.74, 6) is 0.756. The van der Waals surface area contributed by atoms with Gasteiger partial charge in [0.2, 0.25) is 0 Å². The van der Waals surface area contributed by atoms with E-state index in [9.17, 15) is 4.79 Å². The first-order chi connectivity index (χ1) is 11.7. The molecule has 1 unspecified atom stereocenters. The molecular formula is C18H29IN4O2. The van der Waals surface area contributed by atoms with Crippen LogP contribution in [0.15, 0.2) is 29.3 Å². The second kappa shape index (κ2) is 12.1. The molecule has 1 heterocycles. The van der Waals surface area contributed by atoms with Crippen molar-refractivity contribution in [1.29, 1.82) is 0 Å². The number of hydrogen-bond acceptors (Lipinski definition) is 3. The molecule has 1 fully saturated rings. The molecule has 0 bridgehead atoms. The number of aliphatic imine (C=N–C) groups is 1. The van der Waals surface area contributed by atoms with Gasteiger partial charge in [0.1, 0.15) is 0 Å². The summed E-state index contributed by atoms with van der Waals surface area (Å²) in [6.45, 7) is 5.18. The molecule has 6 nitrogen and oxygen atoms in total. The molecule has 25 heavy (non-hydrogen) atoms. The van der Waals surface area contributed by atoms with Gasteiger partial charge in [-0.05, 0) is 43.9 Å². The van der Waals surface area contributed by atoms with Gasteiger partial charge in [-0.1, -0.05) is 12.1 Å². The molecule has 140 valence electrons. The number of guanidine groups is 1. The number of carbonyl (C=O) groups is 1. The summed E-state index contributed by atoms with van der Waals surface area (Å²) in [6, 6.07) is 7.70. The SMILES string of the molecule is CCNC(=NCC1CCCO1)NCCc1cccc(C(=O)NC)c1.I. The molecule has 1 aliphatic heterocycles. The summed E-state index contributed by atoms with van der Waals surface area (Å²) in [5, 5.41) is 9.24. The minimum Gasteiger partial charge on any atom is -0.376 e. The summed E-state index contributed by atoms with van der Waals surface area (Å²) < 4.78 is 5.60.